The summed E-state index contributed by atoms with van der Waals surface area (Å²) < 4.78 is 25.2. The maximum absolute atomic E-state index is 12.4. The fourth-order valence-corrected chi connectivity index (χ4v) is 3.42. The van der Waals surface area contributed by atoms with Crippen molar-refractivity contribution in [3.8, 4) is 0 Å². The number of hydrogen-bond donors (Lipinski definition) is 1. The first-order valence-electron chi connectivity index (χ1n) is 7.80. The summed E-state index contributed by atoms with van der Waals surface area (Å²) in [5.41, 5.74) is 2.07. The first-order valence-corrected chi connectivity index (χ1v) is 10.0. The van der Waals surface area contributed by atoms with E-state index in [0.29, 0.717) is 16.4 Å². The third-order valence-corrected chi connectivity index (χ3v) is 5.05. The molecule has 0 fully saturated rings. The van der Waals surface area contributed by atoms with E-state index >= 15 is 0 Å². The lowest BCUT2D eigenvalue weighted by Gasteiger charge is -2.22. The Balaban J connectivity index is 2.23. The molecule has 5 nitrogen and oxygen atoms in total. The van der Waals surface area contributed by atoms with Crippen LogP contribution in [0.1, 0.15) is 25.3 Å². The van der Waals surface area contributed by atoms with E-state index in [2.05, 4.69) is 5.32 Å². The van der Waals surface area contributed by atoms with Crippen LogP contribution in [-0.4, -0.2) is 27.1 Å². The number of carbonyl (C=O) groups excluding carboxylic acids is 1. The summed E-state index contributed by atoms with van der Waals surface area (Å²) in [5, 5.41) is 3.30. The van der Waals surface area contributed by atoms with Gasteiger partial charge in [-0.3, -0.25) is 9.10 Å². The standard InChI is InChI=1S/C18H21ClN2O3S/c1-13(2)16-6-4-5-7-17(16)20-18(22)12-21(25(3,23)24)15-10-8-14(19)9-11-15/h4-11,13H,12H2,1-3H3,(H,20,22). The van der Waals surface area contributed by atoms with E-state index in [9.17, 15) is 13.2 Å². The van der Waals surface area contributed by atoms with Gasteiger partial charge in [-0.25, -0.2) is 8.42 Å². The number of anilines is 2. The average Bonchev–Trinajstić information content (AvgIpc) is 2.53. The normalized spacial score (nSPS) is 11.4. The summed E-state index contributed by atoms with van der Waals surface area (Å²) in [6.45, 7) is 3.75. The smallest absolute Gasteiger partial charge is 0.245 e. The quantitative estimate of drug-likeness (QED) is 0.827. The molecule has 0 radical (unpaired) electrons. The SMILES string of the molecule is CC(C)c1ccccc1NC(=O)CN(c1ccc(Cl)cc1)S(C)(=O)=O. The van der Waals surface area contributed by atoms with E-state index in [0.717, 1.165) is 16.1 Å². The Morgan fingerprint density at radius 2 is 1.72 bits per heavy atom. The fourth-order valence-electron chi connectivity index (χ4n) is 2.44. The van der Waals surface area contributed by atoms with Crippen LogP contribution in [0.4, 0.5) is 11.4 Å². The van der Waals surface area contributed by atoms with Crippen molar-refractivity contribution in [2.24, 2.45) is 0 Å². The molecule has 0 aromatic heterocycles. The Labute approximate surface area is 153 Å². The van der Waals surface area contributed by atoms with E-state index < -0.39 is 15.9 Å². The van der Waals surface area contributed by atoms with E-state index in [1.165, 1.54) is 0 Å². The second-order valence-electron chi connectivity index (χ2n) is 6.04. The van der Waals surface area contributed by atoms with Crippen molar-refractivity contribution in [1.29, 1.82) is 0 Å². The van der Waals surface area contributed by atoms with Crippen LogP contribution in [0.5, 0.6) is 0 Å². The summed E-state index contributed by atoms with van der Waals surface area (Å²) in [5.74, 6) is -0.174. The zero-order valence-corrected chi connectivity index (χ0v) is 15.9. The molecule has 0 aliphatic rings. The van der Waals surface area contributed by atoms with Gasteiger partial charge in [-0.1, -0.05) is 43.6 Å². The van der Waals surface area contributed by atoms with Crippen molar-refractivity contribution in [1.82, 2.24) is 0 Å². The lowest BCUT2D eigenvalue weighted by molar-refractivity contribution is -0.114. The molecule has 0 aliphatic heterocycles. The van der Waals surface area contributed by atoms with Gasteiger partial charge in [-0.2, -0.15) is 0 Å². The molecule has 1 amide bonds. The molecule has 2 rings (SSSR count). The van der Waals surface area contributed by atoms with Gasteiger partial charge in [0.1, 0.15) is 6.54 Å². The number of nitrogens with one attached hydrogen (secondary N) is 1. The molecule has 0 saturated carbocycles. The summed E-state index contributed by atoms with van der Waals surface area (Å²) in [6, 6.07) is 13.8. The molecule has 25 heavy (non-hydrogen) atoms. The first kappa shape index (κ1) is 19.3. The van der Waals surface area contributed by atoms with Gasteiger partial charge in [0.05, 0.1) is 11.9 Å². The number of benzene rings is 2. The van der Waals surface area contributed by atoms with Crippen LogP contribution in [0, 0.1) is 0 Å². The lowest BCUT2D eigenvalue weighted by Crippen LogP contribution is -2.37. The van der Waals surface area contributed by atoms with Crippen LogP contribution in [-0.2, 0) is 14.8 Å². The topological polar surface area (TPSA) is 66.5 Å². The van der Waals surface area contributed by atoms with Crippen molar-refractivity contribution in [2.45, 2.75) is 19.8 Å². The van der Waals surface area contributed by atoms with Crippen molar-refractivity contribution in [3.63, 3.8) is 0 Å². The minimum Gasteiger partial charge on any atom is -0.324 e. The fraction of sp³-hybridized carbons (Fsp3) is 0.278. The predicted octanol–water partition coefficient (Wildman–Crippen LogP) is 3.87. The molecule has 0 unspecified atom stereocenters. The summed E-state index contributed by atoms with van der Waals surface area (Å²) >= 11 is 5.84. The molecule has 134 valence electrons. The van der Waals surface area contributed by atoms with Gasteiger partial charge in [0.2, 0.25) is 15.9 Å². The maximum Gasteiger partial charge on any atom is 0.245 e. The Morgan fingerprint density at radius 1 is 1.12 bits per heavy atom. The summed E-state index contributed by atoms with van der Waals surface area (Å²) in [6.07, 6.45) is 1.07. The van der Waals surface area contributed by atoms with Gasteiger partial charge in [0.15, 0.2) is 0 Å². The number of halogens is 1. The zero-order chi connectivity index (χ0) is 18.6. The molecule has 0 bridgehead atoms. The molecule has 7 heteroatoms. The highest BCUT2D eigenvalue weighted by atomic mass is 35.5. The van der Waals surface area contributed by atoms with Gasteiger partial charge < -0.3 is 5.32 Å². The van der Waals surface area contributed by atoms with E-state index in [4.69, 9.17) is 11.6 Å². The van der Waals surface area contributed by atoms with Gasteiger partial charge >= 0.3 is 0 Å². The molecule has 0 heterocycles. The second kappa shape index (κ2) is 7.89. The third-order valence-electron chi connectivity index (χ3n) is 3.66. The number of rotatable bonds is 6. The van der Waals surface area contributed by atoms with Crippen molar-refractivity contribution in [2.75, 3.05) is 22.4 Å². The average molecular weight is 381 g/mol. The molecule has 1 N–H and O–H groups in total. The maximum atomic E-state index is 12.4. The molecule has 0 spiro atoms. The molecule has 2 aromatic rings. The Hall–Kier alpha value is -2.05. The molecular weight excluding hydrogens is 360 g/mol. The van der Waals surface area contributed by atoms with Crippen LogP contribution in [0.25, 0.3) is 0 Å². The number of hydrogen-bond acceptors (Lipinski definition) is 3. The molecular formula is C18H21ClN2O3S. The van der Waals surface area contributed by atoms with Crippen LogP contribution in [0.2, 0.25) is 5.02 Å². The first-order chi connectivity index (χ1) is 11.7. The molecule has 0 atom stereocenters. The van der Waals surface area contributed by atoms with E-state index in [1.54, 1.807) is 30.3 Å². The molecule has 2 aromatic carbocycles. The van der Waals surface area contributed by atoms with Crippen molar-refractivity contribution >= 4 is 38.9 Å². The van der Waals surface area contributed by atoms with Crippen molar-refractivity contribution in [3.05, 3.63) is 59.1 Å². The number of para-hydroxylation sites is 1. The largest absolute Gasteiger partial charge is 0.324 e. The van der Waals surface area contributed by atoms with Crippen LogP contribution in [0.3, 0.4) is 0 Å². The zero-order valence-electron chi connectivity index (χ0n) is 14.4. The lowest BCUT2D eigenvalue weighted by atomic mass is 10.0. The Kier molecular flexibility index (Phi) is 6.08. The summed E-state index contributed by atoms with van der Waals surface area (Å²) in [7, 11) is -3.62. The number of carbonyl (C=O) groups is 1. The minimum atomic E-state index is -3.62. The highest BCUT2D eigenvalue weighted by molar-refractivity contribution is 7.92. The number of nitrogens with zero attached hydrogens (tertiary/aromatic N) is 1. The van der Waals surface area contributed by atoms with Gasteiger partial charge in [0.25, 0.3) is 0 Å². The highest BCUT2D eigenvalue weighted by Crippen LogP contribution is 2.24. The summed E-state index contributed by atoms with van der Waals surface area (Å²) in [4.78, 5) is 12.4. The van der Waals surface area contributed by atoms with Gasteiger partial charge in [0, 0.05) is 10.7 Å². The molecule has 0 saturated heterocycles. The second-order valence-corrected chi connectivity index (χ2v) is 8.38. The Morgan fingerprint density at radius 3 is 2.28 bits per heavy atom. The highest BCUT2D eigenvalue weighted by Gasteiger charge is 2.21. The van der Waals surface area contributed by atoms with E-state index in [-0.39, 0.29) is 12.5 Å². The van der Waals surface area contributed by atoms with Crippen LogP contribution >= 0.6 is 11.6 Å². The van der Waals surface area contributed by atoms with Crippen molar-refractivity contribution < 1.29 is 13.2 Å². The third kappa shape index (κ3) is 5.21. The van der Waals surface area contributed by atoms with Gasteiger partial charge in [-0.15, -0.1) is 0 Å². The van der Waals surface area contributed by atoms with Crippen LogP contribution < -0.4 is 9.62 Å². The predicted molar refractivity (Wildman–Crippen MR) is 103 cm³/mol. The molecule has 0 aliphatic carbocycles. The van der Waals surface area contributed by atoms with E-state index in [1.807, 2.05) is 32.0 Å². The van der Waals surface area contributed by atoms with Gasteiger partial charge in [-0.05, 0) is 41.8 Å². The number of amides is 1. The Bertz CT molecular complexity index is 849. The monoisotopic (exact) mass is 380 g/mol. The number of sulfonamides is 1. The minimum absolute atomic E-state index is 0.235. The van der Waals surface area contributed by atoms with Crippen LogP contribution in [0.15, 0.2) is 48.5 Å².